The van der Waals surface area contributed by atoms with Crippen molar-refractivity contribution < 1.29 is 23.8 Å². The van der Waals surface area contributed by atoms with Gasteiger partial charge in [-0.1, -0.05) is 12.1 Å². The molecule has 1 aliphatic rings. The number of urea groups is 1. The largest absolute Gasteiger partial charge is 0.481 e. The van der Waals surface area contributed by atoms with E-state index in [-0.39, 0.29) is 25.6 Å². The molecule has 0 spiro atoms. The number of nitrogens with one attached hydrogen (secondary N) is 1. The quantitative estimate of drug-likeness (QED) is 0.871. The second kappa shape index (κ2) is 6.53. The third kappa shape index (κ3) is 3.69. The van der Waals surface area contributed by atoms with Gasteiger partial charge in [0.05, 0.1) is 19.3 Å². The third-order valence-electron chi connectivity index (χ3n) is 3.52. The maximum absolute atomic E-state index is 13.0. The van der Waals surface area contributed by atoms with Gasteiger partial charge in [-0.05, 0) is 17.7 Å². The van der Waals surface area contributed by atoms with E-state index in [1.807, 2.05) is 0 Å². The van der Waals surface area contributed by atoms with Gasteiger partial charge in [0.2, 0.25) is 0 Å². The highest BCUT2D eigenvalue weighted by atomic mass is 19.1. The van der Waals surface area contributed by atoms with E-state index in [9.17, 15) is 14.0 Å². The van der Waals surface area contributed by atoms with Crippen LogP contribution >= 0.6 is 0 Å². The molecular weight excluding hydrogens is 279 g/mol. The van der Waals surface area contributed by atoms with Gasteiger partial charge in [-0.15, -0.1) is 0 Å². The van der Waals surface area contributed by atoms with Crippen molar-refractivity contribution in [2.75, 3.05) is 20.3 Å². The number of amides is 2. The van der Waals surface area contributed by atoms with Gasteiger partial charge < -0.3 is 20.1 Å². The summed E-state index contributed by atoms with van der Waals surface area (Å²) in [6, 6.07) is 4.99. The lowest BCUT2D eigenvalue weighted by Crippen LogP contribution is -2.48. The minimum Gasteiger partial charge on any atom is -0.481 e. The summed E-state index contributed by atoms with van der Waals surface area (Å²) in [6.07, 6.45) is 0. The Balaban J connectivity index is 1.92. The Morgan fingerprint density at radius 3 is 2.90 bits per heavy atom. The topological polar surface area (TPSA) is 78.9 Å². The van der Waals surface area contributed by atoms with E-state index in [4.69, 9.17) is 9.84 Å². The molecule has 0 bridgehead atoms. The monoisotopic (exact) mass is 296 g/mol. The summed E-state index contributed by atoms with van der Waals surface area (Å²) in [6.45, 7) is 0.467. The number of likely N-dealkylation sites (N-methyl/N-ethyl adjacent to an activating group) is 1. The molecule has 0 saturated carbocycles. The fourth-order valence-corrected chi connectivity index (χ4v) is 2.26. The molecule has 2 N–H and O–H groups in total. The Kier molecular flexibility index (Phi) is 4.74. The van der Waals surface area contributed by atoms with Crippen molar-refractivity contribution in [2.24, 2.45) is 5.92 Å². The molecule has 7 heteroatoms. The molecule has 1 aromatic rings. The van der Waals surface area contributed by atoms with Gasteiger partial charge in [-0.3, -0.25) is 4.79 Å². The van der Waals surface area contributed by atoms with Crippen molar-refractivity contribution in [3.63, 3.8) is 0 Å². The van der Waals surface area contributed by atoms with Crippen LogP contribution in [0.5, 0.6) is 0 Å². The molecule has 2 amide bonds. The predicted molar refractivity (Wildman–Crippen MR) is 72.1 cm³/mol. The Morgan fingerprint density at radius 2 is 2.24 bits per heavy atom. The van der Waals surface area contributed by atoms with Crippen molar-refractivity contribution in [1.82, 2.24) is 10.2 Å². The first kappa shape index (κ1) is 15.2. The second-order valence-corrected chi connectivity index (χ2v) is 4.95. The van der Waals surface area contributed by atoms with Gasteiger partial charge in [0, 0.05) is 13.6 Å². The number of hydrogen-bond donors (Lipinski definition) is 2. The van der Waals surface area contributed by atoms with Crippen molar-refractivity contribution in [3.05, 3.63) is 35.6 Å². The first-order chi connectivity index (χ1) is 9.99. The average molecular weight is 296 g/mol. The zero-order chi connectivity index (χ0) is 15.4. The van der Waals surface area contributed by atoms with Gasteiger partial charge in [-0.25, -0.2) is 9.18 Å². The van der Waals surface area contributed by atoms with Crippen molar-refractivity contribution in [1.29, 1.82) is 0 Å². The summed E-state index contributed by atoms with van der Waals surface area (Å²) in [5.41, 5.74) is 0.634. The Bertz CT molecular complexity index is 537. The van der Waals surface area contributed by atoms with Crippen LogP contribution in [-0.2, 0) is 16.1 Å². The Hall–Kier alpha value is -2.15. The van der Waals surface area contributed by atoms with Gasteiger partial charge in [0.15, 0.2) is 0 Å². The third-order valence-corrected chi connectivity index (χ3v) is 3.52. The minimum absolute atomic E-state index is 0.0987. The molecule has 114 valence electrons. The normalized spacial score (nSPS) is 21.0. The van der Waals surface area contributed by atoms with E-state index >= 15 is 0 Å². The molecule has 0 aliphatic carbocycles. The fraction of sp³-hybridized carbons (Fsp3) is 0.429. The number of hydrogen-bond acceptors (Lipinski definition) is 3. The van der Waals surface area contributed by atoms with Crippen molar-refractivity contribution in [3.8, 4) is 0 Å². The van der Waals surface area contributed by atoms with E-state index in [0.29, 0.717) is 5.56 Å². The molecule has 1 heterocycles. The molecule has 21 heavy (non-hydrogen) atoms. The number of nitrogens with zero attached hydrogens (tertiary/aromatic N) is 1. The number of halogens is 1. The van der Waals surface area contributed by atoms with Gasteiger partial charge in [0.1, 0.15) is 11.7 Å². The summed E-state index contributed by atoms with van der Waals surface area (Å²) in [5.74, 6) is -2.08. The van der Waals surface area contributed by atoms with Crippen LogP contribution in [0.25, 0.3) is 0 Å². The lowest BCUT2D eigenvalue weighted by Gasteiger charge is -2.26. The number of carbonyl (C=O) groups is 2. The van der Waals surface area contributed by atoms with Crippen LogP contribution in [0.15, 0.2) is 24.3 Å². The fourth-order valence-electron chi connectivity index (χ4n) is 2.26. The summed E-state index contributed by atoms with van der Waals surface area (Å²) < 4.78 is 18.2. The van der Waals surface area contributed by atoms with Gasteiger partial charge in [0.25, 0.3) is 0 Å². The Labute approximate surface area is 121 Å². The molecule has 1 fully saturated rings. The smallest absolute Gasteiger partial charge is 0.317 e. The van der Waals surface area contributed by atoms with Crippen molar-refractivity contribution >= 4 is 12.0 Å². The van der Waals surface area contributed by atoms with E-state index in [0.717, 1.165) is 0 Å². The number of rotatable bonds is 4. The van der Waals surface area contributed by atoms with Gasteiger partial charge >= 0.3 is 12.0 Å². The molecule has 2 unspecified atom stereocenters. The molecule has 1 aromatic carbocycles. The highest BCUT2D eigenvalue weighted by Crippen LogP contribution is 2.19. The van der Waals surface area contributed by atoms with Crippen molar-refractivity contribution in [2.45, 2.75) is 12.6 Å². The van der Waals surface area contributed by atoms with Crippen LogP contribution in [0.2, 0.25) is 0 Å². The number of aliphatic carboxylic acids is 1. The number of ether oxygens (including phenoxy) is 1. The summed E-state index contributed by atoms with van der Waals surface area (Å²) in [5, 5.41) is 11.7. The minimum atomic E-state index is -0.984. The molecule has 2 rings (SSSR count). The lowest BCUT2D eigenvalue weighted by atomic mass is 10.0. The highest BCUT2D eigenvalue weighted by Gasteiger charge is 2.38. The van der Waals surface area contributed by atoms with E-state index < -0.39 is 24.0 Å². The summed E-state index contributed by atoms with van der Waals surface area (Å²) >= 11 is 0. The van der Waals surface area contributed by atoms with Crippen LogP contribution in [0.3, 0.4) is 0 Å². The maximum Gasteiger partial charge on any atom is 0.317 e. The zero-order valence-electron chi connectivity index (χ0n) is 11.6. The molecule has 0 aromatic heterocycles. The number of benzene rings is 1. The molecule has 1 aliphatic heterocycles. The van der Waals surface area contributed by atoms with Crippen LogP contribution in [0.1, 0.15) is 5.56 Å². The second-order valence-electron chi connectivity index (χ2n) is 4.95. The first-order valence-electron chi connectivity index (χ1n) is 6.54. The highest BCUT2D eigenvalue weighted by molar-refractivity contribution is 5.77. The van der Waals surface area contributed by atoms with Crippen LogP contribution < -0.4 is 5.32 Å². The summed E-state index contributed by atoms with van der Waals surface area (Å²) in [7, 11) is 1.52. The summed E-state index contributed by atoms with van der Waals surface area (Å²) in [4.78, 5) is 24.4. The van der Waals surface area contributed by atoms with Gasteiger partial charge in [-0.2, -0.15) is 0 Å². The predicted octanol–water partition coefficient (Wildman–Crippen LogP) is 1.07. The zero-order valence-corrected chi connectivity index (χ0v) is 11.6. The van der Waals surface area contributed by atoms with E-state index in [2.05, 4.69) is 5.32 Å². The standard InChI is InChI=1S/C14H17FN2O4/c1-17(12-8-21-7-11(12)13(18)19)14(20)16-6-9-3-2-4-10(15)5-9/h2-5,11-12H,6-8H2,1H3,(H,16,20)(H,18,19). The number of carbonyl (C=O) groups excluding carboxylic acids is 1. The first-order valence-corrected chi connectivity index (χ1v) is 6.54. The Morgan fingerprint density at radius 1 is 1.48 bits per heavy atom. The molecule has 6 nitrogen and oxygen atoms in total. The maximum atomic E-state index is 13.0. The molecule has 2 atom stereocenters. The molecule has 1 saturated heterocycles. The number of carboxylic acid groups (broad SMARTS) is 1. The van der Waals surface area contributed by atoms with Crippen LogP contribution in [-0.4, -0.2) is 48.3 Å². The number of carboxylic acids is 1. The van der Waals surface area contributed by atoms with E-state index in [1.165, 1.54) is 24.1 Å². The van der Waals surface area contributed by atoms with Crippen LogP contribution in [0.4, 0.5) is 9.18 Å². The van der Waals surface area contributed by atoms with Crippen LogP contribution in [0, 0.1) is 11.7 Å². The lowest BCUT2D eigenvalue weighted by molar-refractivity contribution is -0.142. The average Bonchev–Trinajstić information content (AvgIpc) is 2.93. The van der Waals surface area contributed by atoms with E-state index in [1.54, 1.807) is 12.1 Å². The SMILES string of the molecule is CN(C(=O)NCc1cccc(F)c1)C1COCC1C(=O)O. The molecular formula is C14H17FN2O4. The molecule has 0 radical (unpaired) electrons.